The summed E-state index contributed by atoms with van der Waals surface area (Å²) in [7, 11) is 1.76. The average Bonchev–Trinajstić information content (AvgIpc) is 3.69. The van der Waals surface area contributed by atoms with E-state index in [1.807, 2.05) is 13.0 Å². The largest absolute Gasteiger partial charge is 0.381 e. The van der Waals surface area contributed by atoms with Crippen LogP contribution in [0.1, 0.15) is 78.2 Å². The Morgan fingerprint density at radius 3 is 2.46 bits per heavy atom. The van der Waals surface area contributed by atoms with Gasteiger partial charge in [0.2, 0.25) is 11.8 Å². The van der Waals surface area contributed by atoms with Gasteiger partial charge in [-0.2, -0.15) is 0 Å². The normalized spacial score (nSPS) is 21.1. The minimum absolute atomic E-state index is 0.0146. The molecule has 0 radical (unpaired) electrons. The fourth-order valence-electron chi connectivity index (χ4n) is 10.1. The van der Waals surface area contributed by atoms with Gasteiger partial charge in [0.1, 0.15) is 10.9 Å². The highest BCUT2D eigenvalue weighted by Crippen LogP contribution is 2.42. The fourth-order valence-corrected chi connectivity index (χ4v) is 11.2. The Morgan fingerprint density at radius 1 is 0.864 bits per heavy atom. The molecule has 0 spiro atoms. The van der Waals surface area contributed by atoms with Crippen molar-refractivity contribution in [3.05, 3.63) is 87.2 Å². The van der Waals surface area contributed by atoms with Gasteiger partial charge in [0, 0.05) is 72.4 Å². The maximum Gasteiger partial charge on any atom is 0.329 e. The van der Waals surface area contributed by atoms with Crippen LogP contribution >= 0.6 is 11.3 Å². The molecule has 10 rings (SSSR count). The second-order valence-corrected chi connectivity index (χ2v) is 18.2. The summed E-state index contributed by atoms with van der Waals surface area (Å²) in [6.45, 7) is 10.3. The Morgan fingerprint density at radius 2 is 1.68 bits per heavy atom. The molecule has 304 valence electrons. The SMILES string of the molecule is Cc1cc(N2CCC(CN3CCC(c4ccc5c(c4)n(C)c(=O)n5C4CCC(=O)NC4=O)CC3)CC2)ccc1-c1ccc2c(ccc3sc4c(c32)NC[C@@H](C)NC4=O)n1. The molecule has 3 N–H and O–H groups in total. The highest BCUT2D eigenvalue weighted by molar-refractivity contribution is 7.21. The van der Waals surface area contributed by atoms with Gasteiger partial charge in [-0.1, -0.05) is 12.1 Å². The standard InChI is InChI=1S/C46H50N8O4S/c1-26-22-31(5-6-32(26)34-8-7-33-35(49-34)9-12-39-41(33)42-43(59-39)45(57)48-27(2)24-47-42)53-20-14-28(15-21-53)25-52-18-16-29(17-19-52)30-4-10-36-38(23-30)51(3)46(58)54(36)37-11-13-40(55)50-44(37)56/h4-10,12,22-23,27-29,37,47H,11,13-21,24-25H2,1-3H3,(H,48,57)(H,50,55,56)/t27-,37?/m1/s1. The number of anilines is 2. The van der Waals surface area contributed by atoms with Crippen LogP contribution in [0.4, 0.5) is 11.4 Å². The smallest absolute Gasteiger partial charge is 0.329 e. The number of hydrogen-bond acceptors (Lipinski definition) is 9. The van der Waals surface area contributed by atoms with Crippen molar-refractivity contribution < 1.29 is 14.4 Å². The van der Waals surface area contributed by atoms with Crippen LogP contribution in [0, 0.1) is 12.8 Å². The Labute approximate surface area is 346 Å². The van der Waals surface area contributed by atoms with Crippen LogP contribution < -0.4 is 26.5 Å². The molecule has 4 aliphatic heterocycles. The first-order valence-corrected chi connectivity index (χ1v) is 21.9. The van der Waals surface area contributed by atoms with Crippen molar-refractivity contribution >= 4 is 72.5 Å². The first-order chi connectivity index (χ1) is 28.6. The molecule has 1 unspecified atom stereocenters. The third-order valence-corrected chi connectivity index (χ3v) is 14.5. The molecule has 3 amide bonds. The number of rotatable bonds is 6. The summed E-state index contributed by atoms with van der Waals surface area (Å²) in [5, 5.41) is 11.1. The number of aromatic nitrogens is 3. The topological polar surface area (TPSA) is 134 Å². The first-order valence-electron chi connectivity index (χ1n) is 21.1. The molecule has 7 heterocycles. The van der Waals surface area contributed by atoms with Gasteiger partial charge in [0.15, 0.2) is 0 Å². The van der Waals surface area contributed by atoms with Crippen LogP contribution in [0.5, 0.6) is 0 Å². The van der Waals surface area contributed by atoms with Gasteiger partial charge in [-0.05, 0) is 131 Å². The van der Waals surface area contributed by atoms with E-state index in [-0.39, 0.29) is 30.0 Å². The summed E-state index contributed by atoms with van der Waals surface area (Å²) in [5.74, 6) is 0.411. The van der Waals surface area contributed by atoms with Crippen molar-refractivity contribution in [2.75, 3.05) is 49.5 Å². The van der Waals surface area contributed by atoms with Gasteiger partial charge < -0.3 is 20.4 Å². The third kappa shape index (κ3) is 6.77. The summed E-state index contributed by atoms with van der Waals surface area (Å²) < 4.78 is 4.29. The Kier molecular flexibility index (Phi) is 9.55. The maximum absolute atomic E-state index is 13.3. The van der Waals surface area contributed by atoms with Gasteiger partial charge in [0.05, 0.1) is 27.9 Å². The molecule has 0 saturated carbocycles. The Hall–Kier alpha value is -5.53. The zero-order valence-electron chi connectivity index (χ0n) is 33.8. The van der Waals surface area contributed by atoms with Gasteiger partial charge in [-0.3, -0.25) is 28.8 Å². The molecule has 0 bridgehead atoms. The summed E-state index contributed by atoms with van der Waals surface area (Å²) in [6, 6.07) is 20.9. The van der Waals surface area contributed by atoms with Gasteiger partial charge >= 0.3 is 5.69 Å². The lowest BCUT2D eigenvalue weighted by Gasteiger charge is -2.38. The Balaban J connectivity index is 0.755. The lowest BCUT2D eigenvalue weighted by Crippen LogP contribution is -2.44. The monoisotopic (exact) mass is 810 g/mol. The van der Waals surface area contributed by atoms with E-state index >= 15 is 0 Å². The summed E-state index contributed by atoms with van der Waals surface area (Å²) in [4.78, 5) is 61.6. The number of thiophene rings is 1. The molecule has 3 aromatic heterocycles. The molecule has 4 aliphatic rings. The number of benzene rings is 3. The van der Waals surface area contributed by atoms with Gasteiger partial charge in [0.25, 0.3) is 5.91 Å². The van der Waals surface area contributed by atoms with Crippen molar-refractivity contribution in [1.29, 1.82) is 0 Å². The van der Waals surface area contributed by atoms with E-state index < -0.39 is 11.9 Å². The predicted octanol–water partition coefficient (Wildman–Crippen LogP) is 6.70. The predicted molar refractivity (Wildman–Crippen MR) is 235 cm³/mol. The molecule has 2 atom stereocenters. The molecule has 0 aliphatic carbocycles. The van der Waals surface area contributed by atoms with Crippen LogP contribution in [0.2, 0.25) is 0 Å². The van der Waals surface area contributed by atoms with Crippen LogP contribution in [-0.2, 0) is 16.6 Å². The summed E-state index contributed by atoms with van der Waals surface area (Å²) >= 11 is 1.54. The zero-order chi connectivity index (χ0) is 40.5. The van der Waals surface area contributed by atoms with Crippen molar-refractivity contribution in [3.63, 3.8) is 0 Å². The van der Waals surface area contributed by atoms with Gasteiger partial charge in [-0.25, -0.2) is 9.78 Å². The highest BCUT2D eigenvalue weighted by atomic mass is 32.1. The second-order valence-electron chi connectivity index (χ2n) is 17.2. The van der Waals surface area contributed by atoms with E-state index in [9.17, 15) is 19.2 Å². The van der Waals surface area contributed by atoms with Crippen LogP contribution in [-0.4, -0.2) is 82.1 Å². The van der Waals surface area contributed by atoms with Crippen molar-refractivity contribution in [1.82, 2.24) is 29.7 Å². The van der Waals surface area contributed by atoms with Crippen molar-refractivity contribution in [2.24, 2.45) is 13.0 Å². The second kappa shape index (κ2) is 14.9. The number of imidazole rings is 1. The lowest BCUT2D eigenvalue weighted by molar-refractivity contribution is -0.135. The summed E-state index contributed by atoms with van der Waals surface area (Å²) in [6.07, 6.45) is 5.10. The third-order valence-electron chi connectivity index (χ3n) is 13.4. The highest BCUT2D eigenvalue weighted by Gasteiger charge is 2.32. The molecular weight excluding hydrogens is 761 g/mol. The molecule has 3 saturated heterocycles. The molecule has 3 fully saturated rings. The number of amides is 3. The van der Waals surface area contributed by atoms with E-state index in [1.54, 1.807) is 16.2 Å². The number of nitrogens with zero attached hydrogens (tertiary/aromatic N) is 5. The minimum atomic E-state index is -0.667. The summed E-state index contributed by atoms with van der Waals surface area (Å²) in [5.41, 5.74) is 9.03. The van der Waals surface area contributed by atoms with Gasteiger partial charge in [-0.15, -0.1) is 11.3 Å². The van der Waals surface area contributed by atoms with E-state index in [0.29, 0.717) is 24.8 Å². The molecule has 12 nitrogen and oxygen atoms in total. The number of fused-ring (bicyclic) bond motifs is 6. The fraction of sp³-hybridized carbons (Fsp3) is 0.413. The lowest BCUT2D eigenvalue weighted by atomic mass is 9.88. The maximum atomic E-state index is 13.3. The zero-order valence-corrected chi connectivity index (χ0v) is 34.7. The first kappa shape index (κ1) is 37.7. The number of carbonyl (C=O) groups excluding carboxylic acids is 3. The van der Waals surface area contributed by atoms with E-state index in [4.69, 9.17) is 4.98 Å². The molecule has 6 aromatic rings. The number of likely N-dealkylation sites (tertiary alicyclic amines) is 1. The number of pyridine rings is 1. The number of nitrogens with one attached hydrogen (secondary N) is 3. The van der Waals surface area contributed by atoms with E-state index in [2.05, 4.69) is 87.3 Å². The van der Waals surface area contributed by atoms with Crippen LogP contribution in [0.3, 0.4) is 0 Å². The van der Waals surface area contributed by atoms with E-state index in [1.165, 1.54) is 41.0 Å². The van der Waals surface area contributed by atoms with Crippen molar-refractivity contribution in [3.8, 4) is 11.3 Å². The number of imide groups is 1. The molecule has 59 heavy (non-hydrogen) atoms. The average molecular weight is 811 g/mol. The number of aryl methyl sites for hydroxylation is 2. The van der Waals surface area contributed by atoms with Crippen molar-refractivity contribution in [2.45, 2.75) is 70.4 Å². The number of piperidine rings is 3. The molecule has 13 heteroatoms. The molecular formula is C46H50N8O4S. The van der Waals surface area contributed by atoms with Crippen LogP contribution in [0.15, 0.2) is 65.5 Å². The molecule has 3 aromatic carbocycles. The minimum Gasteiger partial charge on any atom is -0.381 e. The quantitative estimate of drug-likeness (QED) is 0.159. The van der Waals surface area contributed by atoms with Crippen LogP contribution in [0.25, 0.3) is 43.3 Å². The number of hydrogen-bond donors (Lipinski definition) is 3. The number of carbonyl (C=O) groups is 3. The Bertz CT molecular complexity index is 2730. The van der Waals surface area contributed by atoms with E-state index in [0.717, 1.165) is 99.4 Å².